The van der Waals surface area contributed by atoms with Gasteiger partial charge in [0.25, 0.3) is 0 Å². The van der Waals surface area contributed by atoms with Crippen molar-refractivity contribution in [2.45, 2.75) is 51.5 Å². The SMILES string of the molecule is Cc1ccc2c(c1)nc(CCC1CCCNC1)n2C1CC1. The molecule has 0 radical (unpaired) electrons. The molecule has 2 heterocycles. The van der Waals surface area contributed by atoms with Crippen LogP contribution >= 0.6 is 0 Å². The van der Waals surface area contributed by atoms with Crippen molar-refractivity contribution < 1.29 is 0 Å². The molecule has 4 rings (SSSR count). The third kappa shape index (κ3) is 2.71. The van der Waals surface area contributed by atoms with Gasteiger partial charge in [-0.1, -0.05) is 6.07 Å². The van der Waals surface area contributed by atoms with E-state index < -0.39 is 0 Å². The summed E-state index contributed by atoms with van der Waals surface area (Å²) < 4.78 is 2.53. The van der Waals surface area contributed by atoms with Gasteiger partial charge in [0.15, 0.2) is 0 Å². The summed E-state index contributed by atoms with van der Waals surface area (Å²) in [5.74, 6) is 2.16. The second-order valence-corrected chi connectivity index (χ2v) is 6.87. The predicted octanol–water partition coefficient (Wildman–Crippen LogP) is 3.61. The Balaban J connectivity index is 1.59. The van der Waals surface area contributed by atoms with Crippen LogP contribution in [-0.4, -0.2) is 22.6 Å². The number of nitrogens with one attached hydrogen (secondary N) is 1. The van der Waals surface area contributed by atoms with Crippen molar-refractivity contribution >= 4 is 11.0 Å². The summed E-state index contributed by atoms with van der Waals surface area (Å²) in [6.07, 6.45) is 7.80. The average Bonchev–Trinajstić information content (AvgIpc) is 3.27. The van der Waals surface area contributed by atoms with Gasteiger partial charge < -0.3 is 9.88 Å². The predicted molar refractivity (Wildman–Crippen MR) is 86.7 cm³/mol. The van der Waals surface area contributed by atoms with Gasteiger partial charge >= 0.3 is 0 Å². The van der Waals surface area contributed by atoms with Gasteiger partial charge in [-0.25, -0.2) is 4.98 Å². The van der Waals surface area contributed by atoms with Crippen LogP contribution in [0, 0.1) is 12.8 Å². The monoisotopic (exact) mass is 283 g/mol. The lowest BCUT2D eigenvalue weighted by atomic mass is 9.94. The summed E-state index contributed by atoms with van der Waals surface area (Å²) in [5, 5.41) is 3.53. The molecule has 1 aromatic heterocycles. The number of aryl methyl sites for hydroxylation is 2. The van der Waals surface area contributed by atoms with E-state index >= 15 is 0 Å². The number of imidazole rings is 1. The van der Waals surface area contributed by atoms with Crippen LogP contribution in [0.4, 0.5) is 0 Å². The molecule has 21 heavy (non-hydrogen) atoms. The number of piperidine rings is 1. The van der Waals surface area contributed by atoms with Crippen LogP contribution in [0.3, 0.4) is 0 Å². The van der Waals surface area contributed by atoms with E-state index in [1.54, 1.807) is 0 Å². The molecule has 112 valence electrons. The topological polar surface area (TPSA) is 29.9 Å². The van der Waals surface area contributed by atoms with Crippen molar-refractivity contribution in [3.8, 4) is 0 Å². The summed E-state index contributed by atoms with van der Waals surface area (Å²) in [5.41, 5.74) is 3.85. The first-order valence-electron chi connectivity index (χ1n) is 8.49. The molecule has 1 saturated carbocycles. The van der Waals surface area contributed by atoms with Crippen LogP contribution in [0.5, 0.6) is 0 Å². The van der Waals surface area contributed by atoms with Gasteiger partial charge in [0.1, 0.15) is 5.82 Å². The molecule has 1 saturated heterocycles. The van der Waals surface area contributed by atoms with Crippen molar-refractivity contribution in [2.24, 2.45) is 5.92 Å². The molecule has 2 aromatic rings. The van der Waals surface area contributed by atoms with Crippen molar-refractivity contribution in [3.05, 3.63) is 29.6 Å². The molecule has 2 fully saturated rings. The average molecular weight is 283 g/mol. The Morgan fingerprint density at radius 2 is 2.19 bits per heavy atom. The van der Waals surface area contributed by atoms with Crippen LogP contribution in [-0.2, 0) is 6.42 Å². The van der Waals surface area contributed by atoms with Crippen molar-refractivity contribution in [2.75, 3.05) is 13.1 Å². The molecule has 1 aromatic carbocycles. The molecule has 1 aliphatic heterocycles. The zero-order valence-corrected chi connectivity index (χ0v) is 12.9. The quantitative estimate of drug-likeness (QED) is 0.929. The minimum absolute atomic E-state index is 0.720. The van der Waals surface area contributed by atoms with Gasteiger partial charge in [0, 0.05) is 12.5 Å². The fourth-order valence-corrected chi connectivity index (χ4v) is 3.68. The molecule has 0 spiro atoms. The largest absolute Gasteiger partial charge is 0.325 e. The number of hydrogen-bond acceptors (Lipinski definition) is 2. The summed E-state index contributed by atoms with van der Waals surface area (Å²) in [4.78, 5) is 4.96. The lowest BCUT2D eigenvalue weighted by molar-refractivity contribution is 0.354. The van der Waals surface area contributed by atoms with E-state index in [1.807, 2.05) is 0 Å². The molecule has 1 unspecified atom stereocenters. The van der Waals surface area contributed by atoms with Crippen LogP contribution in [0.15, 0.2) is 18.2 Å². The van der Waals surface area contributed by atoms with E-state index in [0.29, 0.717) is 0 Å². The van der Waals surface area contributed by atoms with Gasteiger partial charge in [0.05, 0.1) is 11.0 Å². The Morgan fingerprint density at radius 3 is 2.95 bits per heavy atom. The highest BCUT2D eigenvalue weighted by Gasteiger charge is 2.28. The highest BCUT2D eigenvalue weighted by molar-refractivity contribution is 5.77. The zero-order chi connectivity index (χ0) is 14.2. The maximum Gasteiger partial charge on any atom is 0.110 e. The molecule has 0 bridgehead atoms. The normalized spacial score (nSPS) is 22.8. The molecular formula is C18H25N3. The summed E-state index contributed by atoms with van der Waals surface area (Å²) >= 11 is 0. The van der Waals surface area contributed by atoms with Gasteiger partial charge in [0.2, 0.25) is 0 Å². The van der Waals surface area contributed by atoms with Gasteiger partial charge in [-0.15, -0.1) is 0 Å². The van der Waals surface area contributed by atoms with E-state index in [2.05, 4.69) is 35.0 Å². The van der Waals surface area contributed by atoms with E-state index in [0.717, 1.165) is 18.4 Å². The Morgan fingerprint density at radius 1 is 1.29 bits per heavy atom. The summed E-state index contributed by atoms with van der Waals surface area (Å²) in [6, 6.07) is 7.44. The number of nitrogens with zero attached hydrogens (tertiary/aromatic N) is 2. The summed E-state index contributed by atoms with van der Waals surface area (Å²) in [6.45, 7) is 4.56. The minimum Gasteiger partial charge on any atom is -0.325 e. The third-order valence-corrected chi connectivity index (χ3v) is 5.01. The zero-order valence-electron chi connectivity index (χ0n) is 12.9. The maximum absolute atomic E-state index is 4.96. The van der Waals surface area contributed by atoms with Crippen LogP contribution < -0.4 is 5.32 Å². The molecule has 0 amide bonds. The Labute approximate surface area is 126 Å². The van der Waals surface area contributed by atoms with Crippen LogP contribution in [0.1, 0.15) is 49.5 Å². The third-order valence-electron chi connectivity index (χ3n) is 5.01. The first-order chi connectivity index (χ1) is 10.3. The molecule has 3 heteroatoms. The van der Waals surface area contributed by atoms with Crippen LogP contribution in [0.2, 0.25) is 0 Å². The van der Waals surface area contributed by atoms with Gasteiger partial charge in [-0.05, 0) is 75.7 Å². The standard InChI is InChI=1S/C18H25N3/c1-13-4-8-17-16(11-13)20-18(21(17)15-6-7-15)9-5-14-3-2-10-19-12-14/h4,8,11,14-15,19H,2-3,5-7,9-10,12H2,1H3. The number of benzene rings is 1. The number of aromatic nitrogens is 2. The lowest BCUT2D eigenvalue weighted by Crippen LogP contribution is -2.30. The number of hydrogen-bond donors (Lipinski definition) is 1. The molecular weight excluding hydrogens is 258 g/mol. The Bertz CT molecular complexity index is 633. The molecule has 1 N–H and O–H groups in total. The van der Waals surface area contributed by atoms with Gasteiger partial charge in [-0.3, -0.25) is 0 Å². The van der Waals surface area contributed by atoms with E-state index in [1.165, 1.54) is 67.6 Å². The minimum atomic E-state index is 0.720. The Hall–Kier alpha value is -1.35. The molecule has 1 atom stereocenters. The molecule has 1 aliphatic carbocycles. The van der Waals surface area contributed by atoms with E-state index in [-0.39, 0.29) is 0 Å². The fourth-order valence-electron chi connectivity index (χ4n) is 3.68. The number of rotatable bonds is 4. The van der Waals surface area contributed by atoms with Crippen molar-refractivity contribution in [1.82, 2.24) is 14.9 Å². The smallest absolute Gasteiger partial charge is 0.110 e. The fraction of sp³-hybridized carbons (Fsp3) is 0.611. The Kier molecular flexibility index (Phi) is 3.46. The van der Waals surface area contributed by atoms with Crippen LogP contribution in [0.25, 0.3) is 11.0 Å². The highest BCUT2D eigenvalue weighted by atomic mass is 15.1. The van der Waals surface area contributed by atoms with Crippen molar-refractivity contribution in [3.63, 3.8) is 0 Å². The second-order valence-electron chi connectivity index (χ2n) is 6.87. The summed E-state index contributed by atoms with van der Waals surface area (Å²) in [7, 11) is 0. The van der Waals surface area contributed by atoms with Crippen molar-refractivity contribution in [1.29, 1.82) is 0 Å². The molecule has 3 nitrogen and oxygen atoms in total. The second kappa shape index (κ2) is 5.45. The first-order valence-corrected chi connectivity index (χ1v) is 8.49. The van der Waals surface area contributed by atoms with E-state index in [9.17, 15) is 0 Å². The van der Waals surface area contributed by atoms with E-state index in [4.69, 9.17) is 4.98 Å². The first kappa shape index (κ1) is 13.3. The highest BCUT2D eigenvalue weighted by Crippen LogP contribution is 2.39. The molecule has 2 aliphatic rings. The van der Waals surface area contributed by atoms with Gasteiger partial charge in [-0.2, -0.15) is 0 Å². The maximum atomic E-state index is 4.96. The number of fused-ring (bicyclic) bond motifs is 1. The lowest BCUT2D eigenvalue weighted by Gasteiger charge is -2.22.